The minimum Gasteiger partial charge on any atom is -0.381 e. The van der Waals surface area contributed by atoms with Gasteiger partial charge in [0.2, 0.25) is 5.91 Å². The van der Waals surface area contributed by atoms with Gasteiger partial charge in [-0.05, 0) is 32.6 Å². The highest BCUT2D eigenvalue weighted by Crippen LogP contribution is 2.43. The number of aryl methyl sites for hydroxylation is 1. The lowest BCUT2D eigenvalue weighted by molar-refractivity contribution is -0.141. The van der Waals surface area contributed by atoms with E-state index in [4.69, 9.17) is 21.1 Å². The van der Waals surface area contributed by atoms with Gasteiger partial charge in [0, 0.05) is 27.0 Å². The molecule has 1 amide bonds. The molecule has 23 heavy (non-hydrogen) atoms. The lowest BCUT2D eigenvalue weighted by Crippen LogP contribution is -2.53. The zero-order valence-corrected chi connectivity index (χ0v) is 14.7. The number of aromatic nitrogens is 2. The van der Waals surface area contributed by atoms with Crippen molar-refractivity contribution in [2.75, 3.05) is 20.8 Å². The molecule has 0 unspecified atom stereocenters. The van der Waals surface area contributed by atoms with Crippen molar-refractivity contribution >= 4 is 17.5 Å². The Labute approximate surface area is 141 Å². The number of methoxy groups -OCH3 is 2. The van der Waals surface area contributed by atoms with Crippen LogP contribution in [0.3, 0.4) is 0 Å². The molecular formula is C16H24ClN3O3. The Balaban J connectivity index is 1.75. The van der Waals surface area contributed by atoms with E-state index >= 15 is 0 Å². The molecule has 3 atom stereocenters. The molecule has 6 nitrogen and oxygen atoms in total. The van der Waals surface area contributed by atoms with E-state index in [0.29, 0.717) is 5.02 Å². The Kier molecular flexibility index (Phi) is 4.67. The van der Waals surface area contributed by atoms with Crippen LogP contribution in [0.25, 0.3) is 0 Å². The second-order valence-electron chi connectivity index (χ2n) is 6.51. The minimum atomic E-state index is -0.220. The van der Waals surface area contributed by atoms with Gasteiger partial charge in [-0.3, -0.25) is 9.48 Å². The van der Waals surface area contributed by atoms with E-state index in [1.807, 2.05) is 11.8 Å². The summed E-state index contributed by atoms with van der Waals surface area (Å²) in [7, 11) is 3.49. The Morgan fingerprint density at radius 2 is 2.26 bits per heavy atom. The van der Waals surface area contributed by atoms with Crippen LogP contribution in [-0.4, -0.2) is 59.1 Å². The first-order valence-corrected chi connectivity index (χ1v) is 8.44. The van der Waals surface area contributed by atoms with Crippen molar-refractivity contribution < 1.29 is 14.3 Å². The quantitative estimate of drug-likeness (QED) is 0.841. The SMILES string of the molecule is CO[C@@H]1CC[C@@]2(OC)CCN(C(=O)Cn3cc(Cl)c(C)n3)[C@H]2C1. The molecule has 1 aromatic heterocycles. The number of halogens is 1. The van der Waals surface area contributed by atoms with E-state index in [9.17, 15) is 4.79 Å². The normalized spacial score (nSPS) is 30.5. The molecule has 2 fully saturated rings. The Hall–Kier alpha value is -1.11. The van der Waals surface area contributed by atoms with Crippen molar-refractivity contribution in [2.24, 2.45) is 0 Å². The molecule has 128 valence electrons. The topological polar surface area (TPSA) is 56.6 Å². The van der Waals surface area contributed by atoms with Crippen LogP contribution in [0.5, 0.6) is 0 Å². The highest BCUT2D eigenvalue weighted by Gasteiger charge is 2.52. The maximum absolute atomic E-state index is 12.8. The van der Waals surface area contributed by atoms with Gasteiger partial charge in [0.25, 0.3) is 0 Å². The summed E-state index contributed by atoms with van der Waals surface area (Å²) in [6.07, 6.45) is 5.52. The summed E-state index contributed by atoms with van der Waals surface area (Å²) in [5.74, 6) is 0.0600. The van der Waals surface area contributed by atoms with Crippen LogP contribution in [0.1, 0.15) is 31.4 Å². The van der Waals surface area contributed by atoms with E-state index < -0.39 is 0 Å². The van der Waals surface area contributed by atoms with Crippen LogP contribution < -0.4 is 0 Å². The smallest absolute Gasteiger partial charge is 0.244 e. The summed E-state index contributed by atoms with van der Waals surface area (Å²) < 4.78 is 13.0. The van der Waals surface area contributed by atoms with E-state index in [1.54, 1.807) is 25.1 Å². The second kappa shape index (κ2) is 6.42. The lowest BCUT2D eigenvalue weighted by Gasteiger charge is -2.43. The van der Waals surface area contributed by atoms with Gasteiger partial charge < -0.3 is 14.4 Å². The van der Waals surface area contributed by atoms with Crippen LogP contribution >= 0.6 is 11.6 Å². The van der Waals surface area contributed by atoms with E-state index in [0.717, 1.165) is 37.9 Å². The van der Waals surface area contributed by atoms with E-state index in [1.165, 1.54) is 0 Å². The number of nitrogens with zero attached hydrogens (tertiary/aromatic N) is 3. The van der Waals surface area contributed by atoms with Gasteiger partial charge in [0.15, 0.2) is 0 Å². The molecule has 1 aliphatic heterocycles. The van der Waals surface area contributed by atoms with Crippen LogP contribution in [0.4, 0.5) is 0 Å². The molecule has 2 heterocycles. The van der Waals surface area contributed by atoms with Crippen LogP contribution in [0.15, 0.2) is 6.20 Å². The van der Waals surface area contributed by atoms with E-state index in [2.05, 4.69) is 5.10 Å². The van der Waals surface area contributed by atoms with Crippen LogP contribution in [0, 0.1) is 6.92 Å². The molecule has 0 radical (unpaired) electrons. The number of likely N-dealkylation sites (tertiary alicyclic amines) is 1. The van der Waals surface area contributed by atoms with E-state index in [-0.39, 0.29) is 30.2 Å². The fourth-order valence-corrected chi connectivity index (χ4v) is 4.13. The van der Waals surface area contributed by atoms with Gasteiger partial charge in [0.1, 0.15) is 6.54 Å². The summed E-state index contributed by atoms with van der Waals surface area (Å²) in [6.45, 7) is 2.77. The molecule has 0 aromatic carbocycles. The molecule has 0 N–H and O–H groups in total. The number of carbonyl (C=O) groups excluding carboxylic acids is 1. The molecule has 0 spiro atoms. The van der Waals surface area contributed by atoms with Gasteiger partial charge >= 0.3 is 0 Å². The highest BCUT2D eigenvalue weighted by molar-refractivity contribution is 6.31. The maximum atomic E-state index is 12.8. The van der Waals surface area contributed by atoms with Crippen molar-refractivity contribution in [1.29, 1.82) is 0 Å². The molecule has 1 aromatic rings. The lowest BCUT2D eigenvalue weighted by atomic mass is 9.79. The summed E-state index contributed by atoms with van der Waals surface area (Å²) in [6, 6.07) is 0.0748. The van der Waals surface area contributed by atoms with Crippen molar-refractivity contribution in [3.05, 3.63) is 16.9 Å². The molecule has 2 aliphatic rings. The molecular weight excluding hydrogens is 318 g/mol. The molecule has 3 rings (SSSR count). The zero-order chi connectivity index (χ0) is 16.6. The van der Waals surface area contributed by atoms with Gasteiger partial charge in [-0.1, -0.05) is 11.6 Å². The molecule has 1 aliphatic carbocycles. The average molecular weight is 342 g/mol. The standard InChI is InChI=1S/C16H24ClN3O3/c1-11-13(17)9-19(18-11)10-15(21)20-7-6-16(23-3)5-4-12(22-2)8-14(16)20/h9,12,14H,4-8,10H2,1-3H3/t12-,14+,16-/m1/s1. The predicted molar refractivity (Wildman–Crippen MR) is 86.5 cm³/mol. The monoisotopic (exact) mass is 341 g/mol. The second-order valence-corrected chi connectivity index (χ2v) is 6.92. The van der Waals surface area contributed by atoms with Crippen molar-refractivity contribution in [2.45, 2.75) is 56.9 Å². The van der Waals surface area contributed by atoms with Crippen molar-refractivity contribution in [3.8, 4) is 0 Å². The third kappa shape index (κ3) is 2.99. The highest BCUT2D eigenvalue weighted by atomic mass is 35.5. The van der Waals surface area contributed by atoms with Gasteiger partial charge in [-0.25, -0.2) is 0 Å². The number of hydrogen-bond donors (Lipinski definition) is 0. The predicted octanol–water partition coefficient (Wildman–Crippen LogP) is 2.03. The number of fused-ring (bicyclic) bond motifs is 1. The largest absolute Gasteiger partial charge is 0.381 e. The first-order valence-electron chi connectivity index (χ1n) is 8.06. The zero-order valence-electron chi connectivity index (χ0n) is 13.9. The fraction of sp³-hybridized carbons (Fsp3) is 0.750. The average Bonchev–Trinajstić information content (AvgIpc) is 3.07. The van der Waals surface area contributed by atoms with Crippen LogP contribution in [-0.2, 0) is 20.8 Å². The Bertz CT molecular complexity index is 572. The summed E-state index contributed by atoms with van der Waals surface area (Å²) >= 11 is 6.02. The number of rotatable bonds is 4. The minimum absolute atomic E-state index is 0.0600. The third-order valence-electron chi connectivity index (χ3n) is 5.38. The number of amides is 1. The molecule has 0 bridgehead atoms. The Morgan fingerprint density at radius 3 is 2.87 bits per heavy atom. The summed E-state index contributed by atoms with van der Waals surface area (Å²) in [5, 5.41) is 4.86. The third-order valence-corrected chi connectivity index (χ3v) is 5.75. The molecule has 1 saturated carbocycles. The van der Waals surface area contributed by atoms with Gasteiger partial charge in [-0.15, -0.1) is 0 Å². The van der Waals surface area contributed by atoms with Gasteiger partial charge in [0.05, 0.1) is 28.5 Å². The number of carbonyl (C=O) groups is 1. The fourth-order valence-electron chi connectivity index (χ4n) is 3.98. The first-order chi connectivity index (χ1) is 11.0. The Morgan fingerprint density at radius 1 is 1.48 bits per heavy atom. The number of ether oxygens (including phenoxy) is 2. The number of hydrogen-bond acceptors (Lipinski definition) is 4. The summed E-state index contributed by atoms with van der Waals surface area (Å²) in [4.78, 5) is 14.7. The van der Waals surface area contributed by atoms with Crippen molar-refractivity contribution in [1.82, 2.24) is 14.7 Å². The molecule has 1 saturated heterocycles. The summed E-state index contributed by atoms with van der Waals surface area (Å²) in [5.41, 5.74) is 0.520. The molecule has 7 heteroatoms. The van der Waals surface area contributed by atoms with Gasteiger partial charge in [-0.2, -0.15) is 5.10 Å². The van der Waals surface area contributed by atoms with Crippen LogP contribution in [0.2, 0.25) is 5.02 Å². The van der Waals surface area contributed by atoms with Crippen molar-refractivity contribution in [3.63, 3.8) is 0 Å². The first kappa shape index (κ1) is 16.7. The maximum Gasteiger partial charge on any atom is 0.244 e.